The fraction of sp³-hybridized carbons (Fsp3) is 1.00. The monoisotopic (exact) mass is 339 g/mol. The van der Waals surface area contributed by atoms with E-state index in [4.69, 9.17) is 0 Å². The number of rotatable bonds is 19. The molecule has 1 nitrogen and oxygen atoms in total. The molecule has 0 saturated carbocycles. The summed E-state index contributed by atoms with van der Waals surface area (Å²) in [6, 6.07) is 0. The third-order valence-corrected chi connectivity index (χ3v) is 5.16. The molecule has 0 fully saturated rings. The van der Waals surface area contributed by atoms with Gasteiger partial charge in [-0.15, -0.1) is 0 Å². The lowest BCUT2D eigenvalue weighted by Crippen LogP contribution is -2.27. The van der Waals surface area contributed by atoms with Crippen LogP contribution in [-0.2, 0) is 0 Å². The molecule has 1 heteroatoms. The number of hydrogen-bond donors (Lipinski definition) is 0. The summed E-state index contributed by atoms with van der Waals surface area (Å²) in [6.45, 7) is 13.3. The Morgan fingerprint density at radius 2 is 0.875 bits per heavy atom. The Kier molecular flexibility index (Phi) is 19.3. The second-order valence-electron chi connectivity index (χ2n) is 8.27. The molecule has 146 valence electrons. The lowest BCUT2D eigenvalue weighted by molar-refractivity contribution is 0.259. The van der Waals surface area contributed by atoms with Crippen LogP contribution >= 0.6 is 0 Å². The van der Waals surface area contributed by atoms with Gasteiger partial charge in [0.2, 0.25) is 0 Å². The normalized spacial score (nSPS) is 11.8. The summed E-state index contributed by atoms with van der Waals surface area (Å²) in [5.74, 6) is 0.893. The number of unbranched alkanes of at least 4 members (excludes halogenated alkanes) is 11. The third kappa shape index (κ3) is 18.3. The second kappa shape index (κ2) is 19.3. The molecule has 0 bridgehead atoms. The SMILES string of the molecule is CCCCN(CCCC)CCCCCCCCCCCCC(C)C. The Morgan fingerprint density at radius 3 is 1.29 bits per heavy atom. The van der Waals surface area contributed by atoms with Crippen LogP contribution in [0.2, 0.25) is 0 Å². The van der Waals surface area contributed by atoms with E-state index in [0.717, 1.165) is 5.92 Å². The molecule has 24 heavy (non-hydrogen) atoms. The minimum atomic E-state index is 0.893. The van der Waals surface area contributed by atoms with E-state index in [-0.39, 0.29) is 0 Å². The van der Waals surface area contributed by atoms with Crippen molar-refractivity contribution in [2.24, 2.45) is 5.92 Å². The topological polar surface area (TPSA) is 3.24 Å². The van der Waals surface area contributed by atoms with Crippen LogP contribution in [0.3, 0.4) is 0 Å². The average molecular weight is 340 g/mol. The van der Waals surface area contributed by atoms with Crippen molar-refractivity contribution in [3.63, 3.8) is 0 Å². The largest absolute Gasteiger partial charge is 0.303 e. The summed E-state index contributed by atoms with van der Waals surface area (Å²) in [5.41, 5.74) is 0. The molecule has 0 aromatic carbocycles. The minimum Gasteiger partial charge on any atom is -0.303 e. The first-order chi connectivity index (χ1) is 11.7. The molecule has 0 unspecified atom stereocenters. The summed E-state index contributed by atoms with van der Waals surface area (Å²) >= 11 is 0. The maximum Gasteiger partial charge on any atom is -0.00187 e. The van der Waals surface area contributed by atoms with Gasteiger partial charge in [-0.05, 0) is 44.8 Å². The molecule has 0 atom stereocenters. The molecule has 0 rings (SSSR count). The molecular formula is C23H49N. The molecule has 0 aliphatic heterocycles. The summed E-state index contributed by atoms with van der Waals surface area (Å²) in [4.78, 5) is 2.71. The van der Waals surface area contributed by atoms with Gasteiger partial charge in [0.15, 0.2) is 0 Å². The van der Waals surface area contributed by atoms with Crippen molar-refractivity contribution in [2.75, 3.05) is 19.6 Å². The van der Waals surface area contributed by atoms with Crippen molar-refractivity contribution in [1.29, 1.82) is 0 Å². The highest BCUT2D eigenvalue weighted by molar-refractivity contribution is 4.58. The van der Waals surface area contributed by atoms with Crippen molar-refractivity contribution in [2.45, 2.75) is 124 Å². The first kappa shape index (κ1) is 24.0. The van der Waals surface area contributed by atoms with Gasteiger partial charge in [-0.2, -0.15) is 0 Å². The van der Waals surface area contributed by atoms with Crippen LogP contribution in [0.15, 0.2) is 0 Å². The van der Waals surface area contributed by atoms with Crippen LogP contribution in [0.25, 0.3) is 0 Å². The van der Waals surface area contributed by atoms with Crippen LogP contribution in [0.4, 0.5) is 0 Å². The van der Waals surface area contributed by atoms with Gasteiger partial charge in [-0.1, -0.05) is 105 Å². The Morgan fingerprint density at radius 1 is 0.500 bits per heavy atom. The van der Waals surface area contributed by atoms with Crippen LogP contribution < -0.4 is 0 Å². The standard InChI is InChI=1S/C23H49N/c1-5-7-20-24(21-8-6-2)22-18-16-14-12-10-9-11-13-15-17-19-23(3)4/h23H,5-22H2,1-4H3. The average Bonchev–Trinajstić information content (AvgIpc) is 2.57. The van der Waals surface area contributed by atoms with E-state index in [1.165, 1.54) is 116 Å². The summed E-state index contributed by atoms with van der Waals surface area (Å²) in [6.07, 6.45) is 21.4. The molecule has 0 spiro atoms. The van der Waals surface area contributed by atoms with Crippen molar-refractivity contribution in [3.8, 4) is 0 Å². The second-order valence-corrected chi connectivity index (χ2v) is 8.27. The fourth-order valence-electron chi connectivity index (χ4n) is 3.40. The zero-order valence-corrected chi connectivity index (χ0v) is 17.8. The van der Waals surface area contributed by atoms with Gasteiger partial charge in [0.05, 0.1) is 0 Å². The molecule has 0 radical (unpaired) electrons. The third-order valence-electron chi connectivity index (χ3n) is 5.16. The Hall–Kier alpha value is -0.0400. The van der Waals surface area contributed by atoms with Crippen molar-refractivity contribution >= 4 is 0 Å². The quantitative estimate of drug-likeness (QED) is 0.217. The number of nitrogens with zero attached hydrogens (tertiary/aromatic N) is 1. The predicted molar refractivity (Wildman–Crippen MR) is 112 cm³/mol. The van der Waals surface area contributed by atoms with Crippen molar-refractivity contribution in [3.05, 3.63) is 0 Å². The smallest absolute Gasteiger partial charge is 0.00187 e. The van der Waals surface area contributed by atoms with Crippen LogP contribution in [0, 0.1) is 5.92 Å². The first-order valence-corrected chi connectivity index (χ1v) is 11.4. The van der Waals surface area contributed by atoms with Crippen molar-refractivity contribution < 1.29 is 0 Å². The van der Waals surface area contributed by atoms with E-state index in [1.54, 1.807) is 0 Å². The zero-order valence-electron chi connectivity index (χ0n) is 17.8. The molecular weight excluding hydrogens is 290 g/mol. The van der Waals surface area contributed by atoms with Gasteiger partial charge in [-0.25, -0.2) is 0 Å². The molecule has 0 aromatic rings. The maximum absolute atomic E-state index is 2.71. The van der Waals surface area contributed by atoms with Gasteiger partial charge >= 0.3 is 0 Å². The lowest BCUT2D eigenvalue weighted by atomic mass is 10.0. The summed E-state index contributed by atoms with van der Waals surface area (Å²) < 4.78 is 0. The van der Waals surface area contributed by atoms with Gasteiger partial charge < -0.3 is 4.90 Å². The highest BCUT2D eigenvalue weighted by atomic mass is 15.1. The van der Waals surface area contributed by atoms with Crippen LogP contribution in [0.5, 0.6) is 0 Å². The molecule has 0 aliphatic carbocycles. The molecule has 0 saturated heterocycles. The van der Waals surface area contributed by atoms with Gasteiger partial charge in [0, 0.05) is 0 Å². The molecule has 0 amide bonds. The summed E-state index contributed by atoms with van der Waals surface area (Å²) in [7, 11) is 0. The highest BCUT2D eigenvalue weighted by Crippen LogP contribution is 2.13. The molecule has 0 aromatic heterocycles. The van der Waals surface area contributed by atoms with E-state index in [0.29, 0.717) is 0 Å². The van der Waals surface area contributed by atoms with Crippen LogP contribution in [0.1, 0.15) is 124 Å². The molecule has 0 N–H and O–H groups in total. The lowest BCUT2D eigenvalue weighted by Gasteiger charge is -2.21. The summed E-state index contributed by atoms with van der Waals surface area (Å²) in [5, 5.41) is 0. The highest BCUT2D eigenvalue weighted by Gasteiger charge is 2.03. The fourth-order valence-corrected chi connectivity index (χ4v) is 3.40. The Labute approximate surface area is 155 Å². The van der Waals surface area contributed by atoms with E-state index in [2.05, 4.69) is 32.6 Å². The predicted octanol–water partition coefficient (Wildman–Crippen LogP) is 7.84. The Bertz CT molecular complexity index is 216. The molecule has 0 heterocycles. The van der Waals surface area contributed by atoms with E-state index < -0.39 is 0 Å². The van der Waals surface area contributed by atoms with Crippen LogP contribution in [-0.4, -0.2) is 24.5 Å². The molecule has 0 aliphatic rings. The first-order valence-electron chi connectivity index (χ1n) is 11.4. The van der Waals surface area contributed by atoms with E-state index >= 15 is 0 Å². The van der Waals surface area contributed by atoms with Crippen molar-refractivity contribution in [1.82, 2.24) is 4.90 Å². The Balaban J connectivity index is 3.32. The zero-order chi connectivity index (χ0) is 17.9. The van der Waals surface area contributed by atoms with E-state index in [9.17, 15) is 0 Å². The van der Waals surface area contributed by atoms with Gasteiger partial charge in [0.25, 0.3) is 0 Å². The minimum absolute atomic E-state index is 0.893. The van der Waals surface area contributed by atoms with Gasteiger partial charge in [-0.3, -0.25) is 0 Å². The number of hydrogen-bond acceptors (Lipinski definition) is 1. The van der Waals surface area contributed by atoms with E-state index in [1.807, 2.05) is 0 Å². The van der Waals surface area contributed by atoms with Gasteiger partial charge in [0.1, 0.15) is 0 Å². The maximum atomic E-state index is 2.71.